The lowest BCUT2D eigenvalue weighted by Crippen LogP contribution is -2.61. The van der Waals surface area contributed by atoms with Crippen molar-refractivity contribution < 1.29 is 14.4 Å². The molecule has 1 aliphatic carbocycles. The van der Waals surface area contributed by atoms with Crippen molar-refractivity contribution in [2.75, 3.05) is 0 Å². The highest BCUT2D eigenvalue weighted by Crippen LogP contribution is 2.42. The Hall–Kier alpha value is -1.39. The van der Waals surface area contributed by atoms with Gasteiger partial charge in [-0.2, -0.15) is 0 Å². The number of hydrogen-bond acceptors (Lipinski definition) is 3. The molecule has 1 atom stereocenters. The van der Waals surface area contributed by atoms with Crippen molar-refractivity contribution >= 4 is 17.8 Å². The van der Waals surface area contributed by atoms with Gasteiger partial charge in [0.1, 0.15) is 5.41 Å². The Bertz CT molecular complexity index is 304. The molecule has 2 fully saturated rings. The van der Waals surface area contributed by atoms with E-state index in [1.54, 1.807) is 0 Å². The molecule has 14 heavy (non-hydrogen) atoms. The van der Waals surface area contributed by atoms with Crippen LogP contribution in [0.4, 0.5) is 4.79 Å². The Kier molecular flexibility index (Phi) is 1.83. The van der Waals surface area contributed by atoms with Gasteiger partial charge in [-0.1, -0.05) is 6.92 Å². The van der Waals surface area contributed by atoms with Crippen LogP contribution >= 0.6 is 0 Å². The topological polar surface area (TPSA) is 75.3 Å². The molecule has 76 valence electrons. The van der Waals surface area contributed by atoms with Gasteiger partial charge >= 0.3 is 6.03 Å². The van der Waals surface area contributed by atoms with Crippen molar-refractivity contribution in [2.45, 2.75) is 26.2 Å². The Morgan fingerprint density at radius 2 is 1.79 bits per heavy atom. The monoisotopic (exact) mass is 196 g/mol. The standard InChI is InChI=1S/C9H12N2O3/c1-5-2-3-9(4-5)6(12)10-8(14)11-7(9)13/h5H,2-4H2,1H3,(H2,10,11,12,13,14). The molecule has 4 amide bonds. The Morgan fingerprint density at radius 1 is 1.21 bits per heavy atom. The van der Waals surface area contributed by atoms with Crippen molar-refractivity contribution in [3.63, 3.8) is 0 Å². The molecule has 2 N–H and O–H groups in total. The first-order valence-corrected chi connectivity index (χ1v) is 4.71. The van der Waals surface area contributed by atoms with Gasteiger partial charge in [0.15, 0.2) is 0 Å². The fraction of sp³-hybridized carbons (Fsp3) is 0.667. The molecule has 0 aromatic heterocycles. The summed E-state index contributed by atoms with van der Waals surface area (Å²) in [5, 5.41) is 4.31. The van der Waals surface area contributed by atoms with Crippen LogP contribution in [0.5, 0.6) is 0 Å². The van der Waals surface area contributed by atoms with E-state index in [0.29, 0.717) is 18.8 Å². The van der Waals surface area contributed by atoms with Crippen LogP contribution in [-0.4, -0.2) is 17.8 Å². The van der Waals surface area contributed by atoms with Gasteiger partial charge in [0.2, 0.25) is 11.8 Å². The first kappa shape index (κ1) is 9.18. The van der Waals surface area contributed by atoms with Crippen LogP contribution in [0, 0.1) is 11.3 Å². The summed E-state index contributed by atoms with van der Waals surface area (Å²) in [6, 6.07) is -0.704. The number of hydrogen-bond donors (Lipinski definition) is 2. The number of amides is 4. The molecule has 0 aromatic rings. The summed E-state index contributed by atoms with van der Waals surface area (Å²) >= 11 is 0. The highest BCUT2D eigenvalue weighted by molar-refractivity contribution is 6.19. The first-order chi connectivity index (χ1) is 6.54. The Balaban J connectivity index is 2.29. The molecule has 5 heteroatoms. The van der Waals surface area contributed by atoms with Crippen LogP contribution in [0.15, 0.2) is 0 Å². The van der Waals surface area contributed by atoms with Crippen LogP contribution < -0.4 is 10.6 Å². The van der Waals surface area contributed by atoms with E-state index < -0.39 is 23.3 Å². The number of carbonyl (C=O) groups is 3. The number of urea groups is 1. The minimum absolute atomic E-state index is 0.361. The molecular weight excluding hydrogens is 184 g/mol. The molecule has 5 nitrogen and oxygen atoms in total. The molecule has 1 unspecified atom stereocenters. The summed E-state index contributed by atoms with van der Waals surface area (Å²) in [7, 11) is 0. The van der Waals surface area contributed by atoms with Crippen molar-refractivity contribution in [1.29, 1.82) is 0 Å². The predicted octanol–water partition coefficient (Wildman–Crippen LogP) is 0.159. The highest BCUT2D eigenvalue weighted by Gasteiger charge is 2.53. The van der Waals surface area contributed by atoms with Crippen molar-refractivity contribution in [3.05, 3.63) is 0 Å². The van der Waals surface area contributed by atoms with E-state index in [0.717, 1.165) is 6.42 Å². The second kappa shape index (κ2) is 2.80. The molecule has 0 radical (unpaired) electrons. The van der Waals surface area contributed by atoms with Crippen molar-refractivity contribution in [3.8, 4) is 0 Å². The quantitative estimate of drug-likeness (QED) is 0.542. The van der Waals surface area contributed by atoms with Crippen LogP contribution in [0.2, 0.25) is 0 Å². The van der Waals surface area contributed by atoms with Crippen LogP contribution in [-0.2, 0) is 9.59 Å². The summed E-state index contributed by atoms with van der Waals surface area (Å²) < 4.78 is 0. The van der Waals surface area contributed by atoms with Gasteiger partial charge < -0.3 is 0 Å². The summed E-state index contributed by atoms with van der Waals surface area (Å²) in [6.45, 7) is 2.01. The largest absolute Gasteiger partial charge is 0.328 e. The number of nitrogens with one attached hydrogen (secondary N) is 2. The smallest absolute Gasteiger partial charge is 0.277 e. The molecule has 1 aliphatic heterocycles. The highest BCUT2D eigenvalue weighted by atomic mass is 16.2. The number of imide groups is 2. The van der Waals surface area contributed by atoms with Gasteiger partial charge in [0.25, 0.3) is 0 Å². The molecule has 2 rings (SSSR count). The summed E-state index contributed by atoms with van der Waals surface area (Å²) in [4.78, 5) is 34.0. The zero-order valence-corrected chi connectivity index (χ0v) is 7.92. The van der Waals surface area contributed by atoms with E-state index in [1.807, 2.05) is 6.92 Å². The maximum Gasteiger partial charge on any atom is 0.328 e. The fourth-order valence-corrected chi connectivity index (χ4v) is 2.28. The molecule has 1 saturated carbocycles. The minimum atomic E-state index is -0.979. The second-order valence-corrected chi connectivity index (χ2v) is 4.17. The van der Waals surface area contributed by atoms with E-state index in [2.05, 4.69) is 10.6 Å². The van der Waals surface area contributed by atoms with Crippen LogP contribution in [0.25, 0.3) is 0 Å². The van der Waals surface area contributed by atoms with E-state index in [4.69, 9.17) is 0 Å². The van der Waals surface area contributed by atoms with Crippen LogP contribution in [0.1, 0.15) is 26.2 Å². The Morgan fingerprint density at radius 3 is 2.21 bits per heavy atom. The Labute approximate surface area is 81.2 Å². The number of carbonyl (C=O) groups excluding carboxylic acids is 3. The van der Waals surface area contributed by atoms with E-state index in [9.17, 15) is 14.4 Å². The molecular formula is C9H12N2O3. The summed E-state index contributed by atoms with van der Waals surface area (Å²) in [5.74, 6) is -0.508. The SMILES string of the molecule is CC1CCC2(C1)C(=O)NC(=O)NC2=O. The molecule has 0 aromatic carbocycles. The predicted molar refractivity (Wildman–Crippen MR) is 47.1 cm³/mol. The zero-order chi connectivity index (χ0) is 10.3. The van der Waals surface area contributed by atoms with E-state index in [-0.39, 0.29) is 0 Å². The lowest BCUT2D eigenvalue weighted by Gasteiger charge is -2.29. The van der Waals surface area contributed by atoms with Gasteiger partial charge in [-0.3, -0.25) is 20.2 Å². The third-order valence-corrected chi connectivity index (χ3v) is 3.08. The van der Waals surface area contributed by atoms with Crippen molar-refractivity contribution in [2.24, 2.45) is 11.3 Å². The lowest BCUT2D eigenvalue weighted by molar-refractivity contribution is -0.144. The fourth-order valence-electron chi connectivity index (χ4n) is 2.28. The van der Waals surface area contributed by atoms with Gasteiger partial charge in [-0.25, -0.2) is 4.79 Å². The molecule has 1 heterocycles. The van der Waals surface area contributed by atoms with Gasteiger partial charge in [0.05, 0.1) is 0 Å². The maximum absolute atomic E-state index is 11.6. The number of barbiturate groups is 1. The summed E-state index contributed by atoms with van der Waals surface area (Å²) in [5.41, 5.74) is -0.979. The van der Waals surface area contributed by atoms with E-state index >= 15 is 0 Å². The first-order valence-electron chi connectivity index (χ1n) is 4.71. The minimum Gasteiger partial charge on any atom is -0.277 e. The third-order valence-electron chi connectivity index (χ3n) is 3.08. The van der Waals surface area contributed by atoms with Gasteiger partial charge in [-0.05, 0) is 25.2 Å². The second-order valence-electron chi connectivity index (χ2n) is 4.17. The molecule has 1 spiro atoms. The average molecular weight is 196 g/mol. The van der Waals surface area contributed by atoms with Crippen LogP contribution in [0.3, 0.4) is 0 Å². The summed E-state index contributed by atoms with van der Waals surface area (Å²) in [6.07, 6.45) is 1.94. The lowest BCUT2D eigenvalue weighted by atomic mass is 9.82. The van der Waals surface area contributed by atoms with Gasteiger partial charge in [-0.15, -0.1) is 0 Å². The zero-order valence-electron chi connectivity index (χ0n) is 7.92. The van der Waals surface area contributed by atoms with E-state index in [1.165, 1.54) is 0 Å². The normalized spacial score (nSPS) is 30.4. The molecule has 2 aliphatic rings. The van der Waals surface area contributed by atoms with Crippen molar-refractivity contribution in [1.82, 2.24) is 10.6 Å². The third kappa shape index (κ3) is 1.12. The molecule has 0 bridgehead atoms. The van der Waals surface area contributed by atoms with Gasteiger partial charge in [0, 0.05) is 0 Å². The number of rotatable bonds is 0. The average Bonchev–Trinajstić information content (AvgIpc) is 2.46. The molecule has 1 saturated heterocycles. The maximum atomic E-state index is 11.6.